The number of benzene rings is 1. The van der Waals surface area contributed by atoms with Gasteiger partial charge in [0.2, 0.25) is 5.91 Å². The Kier molecular flexibility index (Phi) is 4.58. The van der Waals surface area contributed by atoms with Gasteiger partial charge in [0.1, 0.15) is 11.5 Å². The van der Waals surface area contributed by atoms with Gasteiger partial charge < -0.3 is 10.2 Å². The molecular weight excluding hydrogens is 342 g/mol. The highest BCUT2D eigenvalue weighted by atomic mass is 16.2. The van der Waals surface area contributed by atoms with Gasteiger partial charge in [-0.3, -0.25) is 9.78 Å². The molecule has 1 aromatic carbocycles. The smallest absolute Gasteiger partial charge is 0.348 e. The van der Waals surface area contributed by atoms with Crippen molar-refractivity contribution in [3.8, 4) is 0 Å². The molecule has 1 aliphatic heterocycles. The molecule has 27 heavy (non-hydrogen) atoms. The van der Waals surface area contributed by atoms with Gasteiger partial charge in [0.15, 0.2) is 0 Å². The quantitative estimate of drug-likeness (QED) is 0.746. The van der Waals surface area contributed by atoms with E-state index in [0.29, 0.717) is 18.0 Å². The van der Waals surface area contributed by atoms with Crippen LogP contribution in [-0.4, -0.2) is 33.9 Å². The highest BCUT2D eigenvalue weighted by Gasteiger charge is 2.27. The maximum Gasteiger partial charge on any atom is 0.348 e. The van der Waals surface area contributed by atoms with Gasteiger partial charge >= 0.3 is 5.69 Å². The number of carbonyl (C=O) groups excluding carboxylic acids is 1. The van der Waals surface area contributed by atoms with Crippen molar-refractivity contribution in [2.45, 2.75) is 19.8 Å². The monoisotopic (exact) mass is 363 g/mol. The van der Waals surface area contributed by atoms with Crippen LogP contribution in [0.25, 0.3) is 11.0 Å². The molecular formula is C20H21N5O2. The summed E-state index contributed by atoms with van der Waals surface area (Å²) < 4.78 is 0. The van der Waals surface area contributed by atoms with E-state index >= 15 is 0 Å². The van der Waals surface area contributed by atoms with Gasteiger partial charge in [-0.15, -0.1) is 0 Å². The first kappa shape index (κ1) is 17.2. The molecule has 4 rings (SSSR count). The Morgan fingerprint density at radius 3 is 2.89 bits per heavy atom. The van der Waals surface area contributed by atoms with Gasteiger partial charge in [-0.1, -0.05) is 17.7 Å². The van der Waals surface area contributed by atoms with E-state index in [9.17, 15) is 9.59 Å². The summed E-state index contributed by atoms with van der Waals surface area (Å²) in [6.07, 6.45) is 3.31. The second-order valence-electron chi connectivity index (χ2n) is 6.91. The van der Waals surface area contributed by atoms with Gasteiger partial charge in [-0.25, -0.2) is 9.78 Å². The highest BCUT2D eigenvalue weighted by Crippen LogP contribution is 2.26. The molecule has 0 saturated carbocycles. The van der Waals surface area contributed by atoms with E-state index in [0.717, 1.165) is 36.0 Å². The van der Waals surface area contributed by atoms with Gasteiger partial charge in [0.25, 0.3) is 0 Å². The van der Waals surface area contributed by atoms with Crippen LogP contribution in [0.15, 0.2) is 47.4 Å². The van der Waals surface area contributed by atoms with Crippen LogP contribution in [0, 0.1) is 12.8 Å². The average Bonchev–Trinajstić information content (AvgIpc) is 2.69. The zero-order valence-corrected chi connectivity index (χ0v) is 15.1. The average molecular weight is 363 g/mol. The summed E-state index contributed by atoms with van der Waals surface area (Å²) in [4.78, 5) is 37.7. The molecule has 1 fully saturated rings. The first-order valence-corrected chi connectivity index (χ1v) is 9.08. The molecule has 7 heteroatoms. The number of piperidine rings is 1. The van der Waals surface area contributed by atoms with Gasteiger partial charge in [0.05, 0.1) is 11.3 Å². The molecule has 0 spiro atoms. The molecule has 3 aromatic rings. The van der Waals surface area contributed by atoms with Gasteiger partial charge in [-0.05, 0) is 44.0 Å². The van der Waals surface area contributed by atoms with Crippen LogP contribution in [0.4, 0.5) is 11.5 Å². The lowest BCUT2D eigenvalue weighted by molar-refractivity contribution is -0.120. The molecule has 138 valence electrons. The molecule has 1 amide bonds. The first-order chi connectivity index (χ1) is 13.1. The molecule has 1 saturated heterocycles. The van der Waals surface area contributed by atoms with Crippen LogP contribution in [0.2, 0.25) is 0 Å². The van der Waals surface area contributed by atoms with E-state index in [2.05, 4.69) is 20.3 Å². The number of pyridine rings is 1. The van der Waals surface area contributed by atoms with E-state index in [-0.39, 0.29) is 11.8 Å². The lowest BCUT2D eigenvalue weighted by Gasteiger charge is -2.33. The molecule has 1 aliphatic rings. The Balaban J connectivity index is 1.55. The lowest BCUT2D eigenvalue weighted by Crippen LogP contribution is -2.41. The number of nitrogens with zero attached hydrogens (tertiary/aromatic N) is 3. The van der Waals surface area contributed by atoms with Crippen molar-refractivity contribution in [1.82, 2.24) is 15.0 Å². The minimum absolute atomic E-state index is 0.00387. The van der Waals surface area contributed by atoms with Crippen LogP contribution in [-0.2, 0) is 4.79 Å². The number of anilines is 2. The van der Waals surface area contributed by atoms with Crippen LogP contribution < -0.4 is 15.9 Å². The molecule has 0 aliphatic carbocycles. The summed E-state index contributed by atoms with van der Waals surface area (Å²) in [7, 11) is 0. The second kappa shape index (κ2) is 7.19. The zero-order chi connectivity index (χ0) is 18.8. The third-order valence-corrected chi connectivity index (χ3v) is 4.89. The maximum absolute atomic E-state index is 12.7. The third kappa shape index (κ3) is 3.67. The van der Waals surface area contributed by atoms with Crippen molar-refractivity contribution < 1.29 is 4.79 Å². The van der Waals surface area contributed by atoms with Crippen molar-refractivity contribution in [1.29, 1.82) is 0 Å². The number of rotatable bonds is 3. The number of carbonyl (C=O) groups is 1. The number of aromatic amines is 1. The SMILES string of the molecule is Cc1ccc(NC(=O)[C@H]2CCCN(c3nc(=O)[nH]c4ncccc34)C2)cc1. The summed E-state index contributed by atoms with van der Waals surface area (Å²) in [6, 6.07) is 11.5. The number of aromatic nitrogens is 3. The summed E-state index contributed by atoms with van der Waals surface area (Å²) in [5.41, 5.74) is 2.03. The normalized spacial score (nSPS) is 17.1. The fraction of sp³-hybridized carbons (Fsp3) is 0.300. The number of hydrogen-bond acceptors (Lipinski definition) is 5. The number of hydrogen-bond donors (Lipinski definition) is 2. The summed E-state index contributed by atoms with van der Waals surface area (Å²) >= 11 is 0. The fourth-order valence-electron chi connectivity index (χ4n) is 3.48. The van der Waals surface area contributed by atoms with Crippen molar-refractivity contribution in [3.05, 3.63) is 58.6 Å². The van der Waals surface area contributed by atoms with E-state index < -0.39 is 5.69 Å². The topological polar surface area (TPSA) is 91.0 Å². The maximum atomic E-state index is 12.7. The van der Waals surface area contributed by atoms with Crippen molar-refractivity contribution in [3.63, 3.8) is 0 Å². The minimum Gasteiger partial charge on any atom is -0.355 e. The van der Waals surface area contributed by atoms with E-state index in [4.69, 9.17) is 0 Å². The fourth-order valence-corrected chi connectivity index (χ4v) is 3.48. The first-order valence-electron chi connectivity index (χ1n) is 9.08. The molecule has 1 atom stereocenters. The highest BCUT2D eigenvalue weighted by molar-refractivity contribution is 5.93. The summed E-state index contributed by atoms with van der Waals surface area (Å²) in [6.45, 7) is 3.30. The Morgan fingerprint density at radius 2 is 2.07 bits per heavy atom. The largest absolute Gasteiger partial charge is 0.355 e. The molecule has 0 radical (unpaired) electrons. The second-order valence-corrected chi connectivity index (χ2v) is 6.91. The molecule has 2 aromatic heterocycles. The van der Waals surface area contributed by atoms with Gasteiger partial charge in [0, 0.05) is 25.0 Å². The molecule has 3 heterocycles. The molecule has 0 bridgehead atoms. The molecule has 7 nitrogen and oxygen atoms in total. The Morgan fingerprint density at radius 1 is 1.26 bits per heavy atom. The number of nitrogens with one attached hydrogen (secondary N) is 2. The predicted octanol–water partition coefficient (Wildman–Crippen LogP) is 2.48. The molecule has 2 N–H and O–H groups in total. The predicted molar refractivity (Wildman–Crippen MR) is 105 cm³/mol. The third-order valence-electron chi connectivity index (χ3n) is 4.89. The van der Waals surface area contributed by atoms with E-state index in [1.807, 2.05) is 48.2 Å². The number of amides is 1. The lowest BCUT2D eigenvalue weighted by atomic mass is 9.96. The number of aryl methyl sites for hydroxylation is 1. The van der Waals surface area contributed by atoms with E-state index in [1.165, 1.54) is 0 Å². The van der Waals surface area contributed by atoms with Crippen molar-refractivity contribution in [2.24, 2.45) is 5.92 Å². The van der Waals surface area contributed by atoms with Crippen LogP contribution in [0.3, 0.4) is 0 Å². The Bertz CT molecular complexity index is 1030. The van der Waals surface area contributed by atoms with Crippen molar-refractivity contribution >= 4 is 28.4 Å². The van der Waals surface area contributed by atoms with Crippen molar-refractivity contribution in [2.75, 3.05) is 23.3 Å². The summed E-state index contributed by atoms with van der Waals surface area (Å²) in [5, 5.41) is 3.78. The van der Waals surface area contributed by atoms with E-state index in [1.54, 1.807) is 6.20 Å². The number of H-pyrrole nitrogens is 1. The minimum atomic E-state index is -0.428. The Hall–Kier alpha value is -3.22. The standard InChI is InChI=1S/C20H21N5O2/c1-13-6-8-15(9-7-13)22-19(26)14-4-3-11-25(12-14)18-16-5-2-10-21-17(16)23-20(27)24-18/h2,5-10,14H,3-4,11-12H2,1H3,(H,22,26)(H,21,23,24,27)/t14-/m0/s1. The summed E-state index contributed by atoms with van der Waals surface area (Å²) in [5.74, 6) is 0.429. The van der Waals surface area contributed by atoms with Crippen LogP contribution in [0.1, 0.15) is 18.4 Å². The van der Waals surface area contributed by atoms with Crippen LogP contribution in [0.5, 0.6) is 0 Å². The number of fused-ring (bicyclic) bond motifs is 1. The zero-order valence-electron chi connectivity index (χ0n) is 15.1. The van der Waals surface area contributed by atoms with Crippen LogP contribution >= 0.6 is 0 Å². The molecule has 0 unspecified atom stereocenters. The van der Waals surface area contributed by atoms with Gasteiger partial charge in [-0.2, -0.15) is 4.98 Å². The Labute approximate surface area is 156 Å².